The van der Waals surface area contributed by atoms with Gasteiger partial charge in [-0.3, -0.25) is 4.90 Å². The third-order valence-corrected chi connectivity index (χ3v) is 21.7. The monoisotopic (exact) mass is 1020 g/mol. The highest BCUT2D eigenvalue weighted by Crippen LogP contribution is 2.64. The predicted octanol–water partition coefficient (Wildman–Crippen LogP) is 13.6. The van der Waals surface area contributed by atoms with E-state index in [1.807, 2.05) is 0 Å². The minimum atomic E-state index is 0.168. The summed E-state index contributed by atoms with van der Waals surface area (Å²) in [5.41, 5.74) is 12.6. The zero-order chi connectivity index (χ0) is 52.4. The van der Waals surface area contributed by atoms with Crippen LogP contribution in [0.1, 0.15) is 175 Å². The van der Waals surface area contributed by atoms with E-state index in [0.717, 1.165) is 97.6 Å². The summed E-state index contributed by atoms with van der Waals surface area (Å²) in [6, 6.07) is 0. The van der Waals surface area contributed by atoms with Crippen LogP contribution in [0.5, 0.6) is 0 Å². The zero-order valence-electron chi connectivity index (χ0n) is 49.8. The summed E-state index contributed by atoms with van der Waals surface area (Å²) in [6.45, 7) is 55.1. The first-order valence-electron chi connectivity index (χ1n) is 31.2. The van der Waals surface area contributed by atoms with Crippen LogP contribution in [0.3, 0.4) is 0 Å². The summed E-state index contributed by atoms with van der Waals surface area (Å²) >= 11 is 2.24. The Morgan fingerprint density at radius 3 is 1.04 bits per heavy atom. The maximum Gasteiger partial charge on any atom is 0.116 e. The quantitative estimate of drug-likeness (QED) is 0.140. The predicted molar refractivity (Wildman–Crippen MR) is 310 cm³/mol. The van der Waals surface area contributed by atoms with Crippen LogP contribution in [0.25, 0.3) is 0 Å². The van der Waals surface area contributed by atoms with Gasteiger partial charge in [-0.25, -0.2) is 0 Å². The Labute approximate surface area is 451 Å². The Hall–Kier alpha value is -3.11. The molecule has 0 amide bonds. The molecule has 1 spiro atoms. The van der Waals surface area contributed by atoms with Crippen LogP contribution in [0.15, 0.2) is 79.8 Å². The highest BCUT2D eigenvalue weighted by molar-refractivity contribution is 7.99. The number of allylic oxidation sites excluding steroid dienone is 6. The minimum absolute atomic E-state index is 0.168. The summed E-state index contributed by atoms with van der Waals surface area (Å²) in [5, 5.41) is 0. The fraction of sp³-hybridized carbons (Fsp3) is 0.778. The van der Waals surface area contributed by atoms with Crippen LogP contribution >= 0.6 is 11.8 Å². The molecule has 9 aliphatic rings. The van der Waals surface area contributed by atoms with Gasteiger partial charge in [0, 0.05) is 125 Å². The lowest BCUT2D eigenvalue weighted by atomic mass is 9.60. The normalized spacial score (nSPS) is 31.8. The van der Waals surface area contributed by atoms with Gasteiger partial charge in [0.25, 0.3) is 0 Å². The lowest BCUT2D eigenvalue weighted by molar-refractivity contribution is 0.00198. The second-order valence-corrected chi connectivity index (χ2v) is 24.0. The van der Waals surface area contributed by atoms with E-state index in [9.17, 15) is 0 Å². The van der Waals surface area contributed by atoms with Crippen molar-refractivity contribution in [3.63, 3.8) is 0 Å². The Morgan fingerprint density at radius 2 is 0.712 bits per heavy atom. The van der Waals surface area contributed by atoms with E-state index in [1.54, 1.807) is 56.5 Å². The third kappa shape index (κ3) is 7.64. The molecule has 9 unspecified atom stereocenters. The van der Waals surface area contributed by atoms with Crippen molar-refractivity contribution in [3.05, 3.63) is 79.8 Å². The summed E-state index contributed by atoms with van der Waals surface area (Å²) in [5.74, 6) is 17.0. The van der Waals surface area contributed by atoms with Crippen molar-refractivity contribution in [1.82, 2.24) is 44.1 Å². The van der Waals surface area contributed by atoms with Gasteiger partial charge in [0.2, 0.25) is 0 Å². The molecule has 0 aromatic rings. The van der Waals surface area contributed by atoms with Crippen LogP contribution < -0.4 is 0 Å². The lowest BCUT2D eigenvalue weighted by Gasteiger charge is -2.63. The van der Waals surface area contributed by atoms with E-state index >= 15 is 0 Å². The summed E-state index contributed by atoms with van der Waals surface area (Å²) in [4.78, 5) is 26.0. The highest BCUT2D eigenvalue weighted by atomic mass is 32.2. The molecule has 1 fully saturated rings. The third-order valence-electron chi connectivity index (χ3n) is 20.5. The summed E-state index contributed by atoms with van der Waals surface area (Å²) < 4.78 is 0. The van der Waals surface area contributed by atoms with Gasteiger partial charge in [-0.15, -0.1) is 0 Å². The molecule has 408 valence electrons. The van der Waals surface area contributed by atoms with E-state index in [0.29, 0.717) is 47.3 Å². The molecule has 73 heavy (non-hydrogen) atoms. The molecule has 0 bridgehead atoms. The van der Waals surface area contributed by atoms with Crippen molar-refractivity contribution in [2.75, 3.05) is 90.0 Å². The highest BCUT2D eigenvalue weighted by Gasteiger charge is 2.60. The molecule has 9 heterocycles. The smallest absolute Gasteiger partial charge is 0.116 e. The Balaban J connectivity index is 1.24. The molecule has 9 nitrogen and oxygen atoms in total. The second kappa shape index (κ2) is 22.1. The van der Waals surface area contributed by atoms with Gasteiger partial charge in [0.15, 0.2) is 0 Å². The molecule has 1 saturated heterocycles. The van der Waals surface area contributed by atoms with Crippen molar-refractivity contribution in [1.29, 1.82) is 0 Å². The van der Waals surface area contributed by atoms with Gasteiger partial charge < -0.3 is 39.2 Å². The van der Waals surface area contributed by atoms with Crippen LogP contribution in [0.2, 0.25) is 0 Å². The van der Waals surface area contributed by atoms with Gasteiger partial charge in [-0.1, -0.05) is 62.3 Å². The van der Waals surface area contributed by atoms with Crippen molar-refractivity contribution in [2.45, 2.75) is 181 Å². The molecule has 0 aromatic carbocycles. The van der Waals surface area contributed by atoms with Crippen LogP contribution in [0, 0.1) is 47.3 Å². The van der Waals surface area contributed by atoms with Gasteiger partial charge in [-0.2, -0.15) is 11.8 Å². The van der Waals surface area contributed by atoms with Crippen molar-refractivity contribution in [2.24, 2.45) is 47.3 Å². The van der Waals surface area contributed by atoms with E-state index in [4.69, 9.17) is 0 Å². The summed E-state index contributed by atoms with van der Waals surface area (Å²) in [7, 11) is 0. The van der Waals surface area contributed by atoms with Crippen LogP contribution in [0.4, 0.5) is 0 Å². The average Bonchev–Trinajstić information content (AvgIpc) is 3.43. The zero-order valence-corrected chi connectivity index (χ0v) is 50.6. The largest absolute Gasteiger partial charge is 0.358 e. The Morgan fingerprint density at radius 1 is 0.356 bits per heavy atom. The number of hydrogen-bond acceptors (Lipinski definition) is 10. The molecule has 0 aromatic heterocycles. The first-order valence-corrected chi connectivity index (χ1v) is 32.4. The topological polar surface area (TPSA) is 29.2 Å². The number of rotatable bonds is 17. The Kier molecular flexibility index (Phi) is 16.5. The Bertz CT molecular complexity index is 2300. The molecule has 0 saturated carbocycles. The van der Waals surface area contributed by atoms with Gasteiger partial charge in [0.05, 0.1) is 5.54 Å². The molecule has 0 radical (unpaired) electrons. The van der Waals surface area contributed by atoms with Crippen LogP contribution in [-0.4, -0.2) is 140 Å². The number of nitrogens with zero attached hydrogens (tertiary/aromatic N) is 9. The van der Waals surface area contributed by atoms with Crippen molar-refractivity contribution in [3.8, 4) is 0 Å². The number of likely N-dealkylation sites (N-methyl/N-ethyl adjacent to an activating group) is 2. The lowest BCUT2D eigenvalue weighted by Crippen LogP contribution is -2.68. The molecular weight excluding hydrogens is 915 g/mol. The molecule has 0 N–H and O–H groups in total. The van der Waals surface area contributed by atoms with E-state index in [-0.39, 0.29) is 5.54 Å². The number of thioether (sulfide) groups is 1. The van der Waals surface area contributed by atoms with E-state index < -0.39 is 0 Å². The maximum atomic E-state index is 2.95. The molecule has 9 atom stereocenters. The number of hydrogen-bond donors (Lipinski definition) is 0. The van der Waals surface area contributed by atoms with Crippen molar-refractivity contribution >= 4 is 11.8 Å². The standard InChI is InChI=1S/C63H105N9S/c1-18-41-35-36-64(26-9)56-49(41)42(19-2)50-43(20-3)51-44(21-4)52-45(22-5)53-46(23-6)54-47(24-7)55-48(25-8)63(40-73-38-37-66(63)28-11)39-65(27-10)57(55)68(30-13)59(54)70(32-15)61(53)72(34-17)62(52)71(33-16)60(51)69(31-14)58(50)67(56)29-12/h41-48H,18-40H2,1-17H3. The molecule has 10 heteroatoms. The minimum Gasteiger partial charge on any atom is -0.358 e. The fourth-order valence-corrected chi connectivity index (χ4v) is 19.3. The van der Waals surface area contributed by atoms with E-state index in [1.165, 1.54) is 73.6 Å². The first kappa shape index (κ1) is 54.7. The fourth-order valence-electron chi connectivity index (χ4n) is 17.9. The van der Waals surface area contributed by atoms with Crippen LogP contribution in [-0.2, 0) is 0 Å². The maximum absolute atomic E-state index is 2.95. The second-order valence-electron chi connectivity index (χ2n) is 22.9. The van der Waals surface area contributed by atoms with Gasteiger partial charge in [-0.05, 0) is 165 Å². The molecular formula is C63H105N9S. The van der Waals surface area contributed by atoms with Gasteiger partial charge >= 0.3 is 0 Å². The van der Waals surface area contributed by atoms with E-state index in [2.05, 4.69) is 174 Å². The summed E-state index contributed by atoms with van der Waals surface area (Å²) in [6.07, 6.45) is 10.7. The average molecular weight is 1020 g/mol. The SMILES string of the molecule is CCC1CCN(CC)C2=C1C(CC)C1=C(N2CC)N(CC)C2=C(C1CC)C(CC)C1=C(N2CC)N(CC)C2=C(C(CC)C3=C(N(CC)C4=C(C3CC)C(CC)C3(CSCCN3CC)CN4CC)N2CC)C1CC. The first-order chi connectivity index (χ1) is 35.5. The molecule has 9 aliphatic heterocycles. The molecule has 0 aliphatic carbocycles. The van der Waals surface area contributed by atoms with Gasteiger partial charge in [0.1, 0.15) is 40.7 Å². The van der Waals surface area contributed by atoms with Crippen molar-refractivity contribution < 1.29 is 0 Å². The molecule has 9 rings (SSSR count).